The summed E-state index contributed by atoms with van der Waals surface area (Å²) in [5.41, 5.74) is 3.10. The Morgan fingerprint density at radius 2 is 1.58 bits per heavy atom. The normalized spacial score (nSPS) is 10.5. The minimum atomic E-state index is -0.472. The van der Waals surface area contributed by atoms with Crippen LogP contribution in [0, 0.1) is 19.7 Å². The number of rotatable bonds is 6. The number of hydrogen-bond donors (Lipinski definition) is 1. The molecule has 3 aromatic rings. The molecule has 0 radical (unpaired) electrons. The fourth-order valence-corrected chi connectivity index (χ4v) is 3.25. The van der Waals surface area contributed by atoms with Crippen LogP contribution >= 0.6 is 0 Å². The van der Waals surface area contributed by atoms with Crippen LogP contribution in [0.25, 0.3) is 0 Å². The minimum Gasteiger partial charge on any atom is -0.332 e. The summed E-state index contributed by atoms with van der Waals surface area (Å²) in [6.07, 6.45) is 0. The molecule has 31 heavy (non-hydrogen) atoms. The summed E-state index contributed by atoms with van der Waals surface area (Å²) in [5, 5.41) is 2.56. The third-order valence-corrected chi connectivity index (χ3v) is 4.88. The molecule has 0 bridgehead atoms. The third-order valence-electron chi connectivity index (χ3n) is 4.88. The number of carbonyl (C=O) groups is 3. The van der Waals surface area contributed by atoms with Crippen molar-refractivity contribution in [3.63, 3.8) is 0 Å². The van der Waals surface area contributed by atoms with E-state index >= 15 is 0 Å². The van der Waals surface area contributed by atoms with Crippen LogP contribution in [0.2, 0.25) is 0 Å². The van der Waals surface area contributed by atoms with Crippen molar-refractivity contribution in [2.45, 2.75) is 13.8 Å². The lowest BCUT2D eigenvalue weighted by molar-refractivity contribution is -0.116. The van der Waals surface area contributed by atoms with Crippen LogP contribution in [-0.2, 0) is 4.79 Å². The van der Waals surface area contributed by atoms with Gasteiger partial charge >= 0.3 is 0 Å². The van der Waals surface area contributed by atoms with Gasteiger partial charge in [-0.2, -0.15) is 0 Å². The topological polar surface area (TPSA) is 66.5 Å². The molecule has 0 aliphatic carbocycles. The van der Waals surface area contributed by atoms with Crippen molar-refractivity contribution in [1.29, 1.82) is 0 Å². The van der Waals surface area contributed by atoms with E-state index in [9.17, 15) is 18.8 Å². The number of aryl methyl sites for hydroxylation is 2. The van der Waals surface area contributed by atoms with Crippen molar-refractivity contribution in [2.75, 3.05) is 18.9 Å². The molecule has 0 saturated carbocycles. The van der Waals surface area contributed by atoms with E-state index in [4.69, 9.17) is 0 Å². The Bertz CT molecular complexity index is 1160. The van der Waals surface area contributed by atoms with Crippen molar-refractivity contribution < 1.29 is 18.8 Å². The van der Waals surface area contributed by atoms with Crippen molar-refractivity contribution in [3.05, 3.63) is 100 Å². The summed E-state index contributed by atoms with van der Waals surface area (Å²) < 4.78 is 13.3. The summed E-state index contributed by atoms with van der Waals surface area (Å²) in [5.74, 6) is -1.65. The molecule has 3 aromatic carbocycles. The molecule has 0 saturated heterocycles. The number of hydrogen-bond acceptors (Lipinski definition) is 3. The first-order chi connectivity index (χ1) is 14.8. The third kappa shape index (κ3) is 5.22. The molecule has 0 heterocycles. The summed E-state index contributed by atoms with van der Waals surface area (Å²) >= 11 is 0. The average molecular weight is 418 g/mol. The van der Waals surface area contributed by atoms with E-state index in [-0.39, 0.29) is 23.5 Å². The number of halogens is 1. The number of ketones is 1. The Morgan fingerprint density at radius 3 is 2.29 bits per heavy atom. The van der Waals surface area contributed by atoms with Crippen LogP contribution in [0.3, 0.4) is 0 Å². The summed E-state index contributed by atoms with van der Waals surface area (Å²) in [4.78, 5) is 39.7. The quantitative estimate of drug-likeness (QED) is 0.604. The SMILES string of the molecule is Cc1ccc(C)c(C(=O)c2ccccc2C(=O)N(C)CC(=O)Nc2cccc(F)c2)c1. The van der Waals surface area contributed by atoms with Gasteiger partial charge in [-0.3, -0.25) is 14.4 Å². The Hall–Kier alpha value is -3.80. The monoisotopic (exact) mass is 418 g/mol. The number of nitrogens with zero attached hydrogens (tertiary/aromatic N) is 1. The van der Waals surface area contributed by atoms with Gasteiger partial charge in [0.25, 0.3) is 5.91 Å². The fraction of sp³-hybridized carbons (Fsp3) is 0.160. The van der Waals surface area contributed by atoms with Gasteiger partial charge in [0.2, 0.25) is 5.91 Å². The van der Waals surface area contributed by atoms with E-state index in [0.29, 0.717) is 11.3 Å². The van der Waals surface area contributed by atoms with Gasteiger partial charge in [-0.25, -0.2) is 4.39 Å². The molecule has 0 fully saturated rings. The van der Waals surface area contributed by atoms with E-state index in [1.807, 2.05) is 26.0 Å². The van der Waals surface area contributed by atoms with Crippen LogP contribution in [0.1, 0.15) is 37.4 Å². The number of nitrogens with one attached hydrogen (secondary N) is 1. The van der Waals surface area contributed by atoms with Crippen molar-refractivity contribution in [2.24, 2.45) is 0 Å². The van der Waals surface area contributed by atoms with Crippen molar-refractivity contribution in [3.8, 4) is 0 Å². The fourth-order valence-electron chi connectivity index (χ4n) is 3.25. The van der Waals surface area contributed by atoms with E-state index in [1.54, 1.807) is 36.4 Å². The van der Waals surface area contributed by atoms with Gasteiger partial charge in [-0.1, -0.05) is 42.0 Å². The first kappa shape index (κ1) is 21.9. The van der Waals surface area contributed by atoms with Gasteiger partial charge in [0.05, 0.1) is 12.1 Å². The average Bonchev–Trinajstić information content (AvgIpc) is 2.74. The zero-order valence-corrected chi connectivity index (χ0v) is 17.6. The highest BCUT2D eigenvalue weighted by Crippen LogP contribution is 2.20. The lowest BCUT2D eigenvalue weighted by atomic mass is 9.94. The van der Waals surface area contributed by atoms with Gasteiger partial charge in [-0.15, -0.1) is 0 Å². The molecule has 0 aliphatic rings. The molecule has 1 N–H and O–H groups in total. The lowest BCUT2D eigenvalue weighted by Gasteiger charge is -2.19. The molecule has 0 atom stereocenters. The maximum atomic E-state index is 13.3. The first-order valence-corrected chi connectivity index (χ1v) is 9.78. The van der Waals surface area contributed by atoms with Gasteiger partial charge in [-0.05, 0) is 49.7 Å². The predicted octanol–water partition coefficient (Wildman–Crippen LogP) is 4.38. The van der Waals surface area contributed by atoms with Gasteiger partial charge in [0.15, 0.2) is 5.78 Å². The van der Waals surface area contributed by atoms with Crippen LogP contribution in [-0.4, -0.2) is 36.1 Å². The highest BCUT2D eigenvalue weighted by molar-refractivity contribution is 6.16. The zero-order valence-electron chi connectivity index (χ0n) is 17.6. The van der Waals surface area contributed by atoms with E-state index in [2.05, 4.69) is 5.32 Å². The molecule has 0 aromatic heterocycles. The van der Waals surface area contributed by atoms with Crippen LogP contribution in [0.15, 0.2) is 66.7 Å². The van der Waals surface area contributed by atoms with E-state index in [1.165, 1.54) is 30.1 Å². The standard InChI is InChI=1S/C25H23FN2O3/c1-16-11-12-17(2)22(13-16)24(30)20-9-4-5-10-21(20)25(31)28(3)15-23(29)27-19-8-6-7-18(26)14-19/h4-14H,15H2,1-3H3,(H,27,29). The van der Waals surface area contributed by atoms with Crippen molar-refractivity contribution >= 4 is 23.3 Å². The van der Waals surface area contributed by atoms with Crippen molar-refractivity contribution in [1.82, 2.24) is 4.90 Å². The molecule has 0 spiro atoms. The maximum Gasteiger partial charge on any atom is 0.254 e. The highest BCUT2D eigenvalue weighted by atomic mass is 19.1. The molecule has 6 heteroatoms. The lowest BCUT2D eigenvalue weighted by Crippen LogP contribution is -2.35. The number of anilines is 1. The molecular weight excluding hydrogens is 395 g/mol. The summed E-state index contributed by atoms with van der Waals surface area (Å²) in [6.45, 7) is 3.50. The summed E-state index contributed by atoms with van der Waals surface area (Å²) in [7, 11) is 1.48. The second-order valence-corrected chi connectivity index (χ2v) is 7.41. The number of amides is 2. The van der Waals surface area contributed by atoms with E-state index in [0.717, 1.165) is 11.1 Å². The Morgan fingerprint density at radius 1 is 0.871 bits per heavy atom. The molecule has 2 amide bonds. The number of likely N-dealkylation sites (N-methyl/N-ethyl adjacent to an activating group) is 1. The Balaban J connectivity index is 1.79. The minimum absolute atomic E-state index is 0.217. The number of carbonyl (C=O) groups excluding carboxylic acids is 3. The Kier molecular flexibility index (Phi) is 6.60. The zero-order chi connectivity index (χ0) is 22.5. The molecule has 0 aliphatic heterocycles. The highest BCUT2D eigenvalue weighted by Gasteiger charge is 2.22. The molecule has 3 rings (SSSR count). The van der Waals surface area contributed by atoms with E-state index < -0.39 is 17.6 Å². The van der Waals surface area contributed by atoms with Crippen LogP contribution in [0.4, 0.5) is 10.1 Å². The number of benzene rings is 3. The second-order valence-electron chi connectivity index (χ2n) is 7.41. The molecular formula is C25H23FN2O3. The second kappa shape index (κ2) is 9.34. The molecule has 0 unspecified atom stereocenters. The summed E-state index contributed by atoms with van der Waals surface area (Å²) in [6, 6.07) is 17.7. The largest absolute Gasteiger partial charge is 0.332 e. The van der Waals surface area contributed by atoms with Crippen LogP contribution in [0.5, 0.6) is 0 Å². The Labute approximate surface area is 180 Å². The molecule has 158 valence electrons. The van der Waals surface area contributed by atoms with Gasteiger partial charge < -0.3 is 10.2 Å². The molecule has 5 nitrogen and oxygen atoms in total. The van der Waals surface area contributed by atoms with Crippen LogP contribution < -0.4 is 5.32 Å². The van der Waals surface area contributed by atoms with Gasteiger partial charge in [0.1, 0.15) is 5.82 Å². The predicted molar refractivity (Wildman–Crippen MR) is 118 cm³/mol. The smallest absolute Gasteiger partial charge is 0.254 e. The first-order valence-electron chi connectivity index (χ1n) is 9.78. The maximum absolute atomic E-state index is 13.3. The van der Waals surface area contributed by atoms with Gasteiger partial charge in [0, 0.05) is 23.9 Å².